The fourth-order valence-corrected chi connectivity index (χ4v) is 3.80. The summed E-state index contributed by atoms with van der Waals surface area (Å²) in [6, 6.07) is 8.55. The summed E-state index contributed by atoms with van der Waals surface area (Å²) in [6.07, 6.45) is 4.64. The Morgan fingerprint density at radius 1 is 0.923 bits per heavy atom. The third kappa shape index (κ3) is 4.35. The van der Waals surface area contributed by atoms with Crippen LogP contribution in [0.25, 0.3) is 11.1 Å². The second-order valence-corrected chi connectivity index (χ2v) is 7.95. The molecule has 0 atom stereocenters. The number of pyridine rings is 1. The maximum absolute atomic E-state index is 10.3. The molecule has 0 aliphatic carbocycles. The molecular weight excluding hydrogens is 318 g/mol. The number of aliphatic hydroxyl groups is 1. The van der Waals surface area contributed by atoms with E-state index in [1.165, 1.54) is 47.2 Å². The molecule has 2 nitrogen and oxygen atoms in total. The zero-order valence-corrected chi connectivity index (χ0v) is 17.4. The number of nitrogens with zero attached hydrogens (tertiary/aromatic N) is 1. The highest BCUT2D eigenvalue weighted by Crippen LogP contribution is 2.38. The zero-order chi connectivity index (χ0) is 19.3. The first-order chi connectivity index (χ1) is 12.4. The van der Waals surface area contributed by atoms with E-state index in [0.717, 1.165) is 17.7 Å². The predicted octanol–water partition coefficient (Wildman–Crippen LogP) is 6.53. The number of aryl methyl sites for hydroxylation is 1. The van der Waals surface area contributed by atoms with Crippen LogP contribution >= 0.6 is 0 Å². The van der Waals surface area contributed by atoms with Gasteiger partial charge in [0, 0.05) is 17.0 Å². The fraction of sp³-hybridized carbons (Fsp3) is 0.542. The second-order valence-electron chi connectivity index (χ2n) is 7.95. The standard InChI is InChI=1S/C24H35NO/c1-7-8-9-14-20-22(19-13-11-10-12-18(19)6)21(15-26)24(17(4)5)25-23(20)16(2)3/h10-13,16-17,26H,7-9,14-15H2,1-6H3. The van der Waals surface area contributed by atoms with Crippen LogP contribution in [-0.4, -0.2) is 10.1 Å². The SMILES string of the molecule is CCCCCc1c(C(C)C)nc(C(C)C)c(CO)c1-c1ccccc1C. The van der Waals surface area contributed by atoms with Crippen molar-refractivity contribution in [2.75, 3.05) is 0 Å². The van der Waals surface area contributed by atoms with Gasteiger partial charge in [-0.2, -0.15) is 0 Å². The quantitative estimate of drug-likeness (QED) is 0.547. The molecule has 142 valence electrons. The van der Waals surface area contributed by atoms with E-state index in [4.69, 9.17) is 4.98 Å². The molecular formula is C24H35NO. The Labute approximate surface area is 159 Å². The Bertz CT molecular complexity index is 731. The minimum Gasteiger partial charge on any atom is -0.392 e. The van der Waals surface area contributed by atoms with Gasteiger partial charge in [0.05, 0.1) is 6.61 Å². The Balaban J connectivity index is 2.83. The van der Waals surface area contributed by atoms with Gasteiger partial charge in [0.2, 0.25) is 0 Å². The third-order valence-electron chi connectivity index (χ3n) is 5.16. The number of hydrogen-bond donors (Lipinski definition) is 1. The maximum atomic E-state index is 10.3. The molecule has 1 heterocycles. The van der Waals surface area contributed by atoms with E-state index in [0.29, 0.717) is 11.8 Å². The van der Waals surface area contributed by atoms with Gasteiger partial charge in [0.25, 0.3) is 0 Å². The van der Waals surface area contributed by atoms with Crippen molar-refractivity contribution in [2.45, 2.75) is 85.7 Å². The minimum absolute atomic E-state index is 0.0450. The van der Waals surface area contributed by atoms with Crippen molar-refractivity contribution in [3.63, 3.8) is 0 Å². The van der Waals surface area contributed by atoms with E-state index in [2.05, 4.69) is 65.8 Å². The molecule has 2 heteroatoms. The van der Waals surface area contributed by atoms with Crippen molar-refractivity contribution in [3.05, 3.63) is 52.3 Å². The second kappa shape index (κ2) is 9.32. The molecule has 0 radical (unpaired) electrons. The Hall–Kier alpha value is -1.67. The van der Waals surface area contributed by atoms with Gasteiger partial charge >= 0.3 is 0 Å². The normalized spacial score (nSPS) is 11.6. The average Bonchev–Trinajstić information content (AvgIpc) is 2.61. The first-order valence-corrected chi connectivity index (χ1v) is 10.1. The van der Waals surface area contributed by atoms with Crippen molar-refractivity contribution in [2.24, 2.45) is 0 Å². The van der Waals surface area contributed by atoms with E-state index in [-0.39, 0.29) is 6.61 Å². The van der Waals surface area contributed by atoms with Crippen molar-refractivity contribution in [1.82, 2.24) is 4.98 Å². The highest BCUT2D eigenvalue weighted by atomic mass is 16.3. The van der Waals surface area contributed by atoms with Crippen molar-refractivity contribution in [3.8, 4) is 11.1 Å². The molecule has 1 aromatic heterocycles. The van der Waals surface area contributed by atoms with Crippen LogP contribution in [0, 0.1) is 6.92 Å². The molecule has 2 aromatic rings. The van der Waals surface area contributed by atoms with Crippen LogP contribution in [0.3, 0.4) is 0 Å². The van der Waals surface area contributed by atoms with Crippen molar-refractivity contribution < 1.29 is 5.11 Å². The lowest BCUT2D eigenvalue weighted by Gasteiger charge is -2.25. The van der Waals surface area contributed by atoms with Gasteiger partial charge in [0.15, 0.2) is 0 Å². The van der Waals surface area contributed by atoms with Gasteiger partial charge < -0.3 is 5.11 Å². The topological polar surface area (TPSA) is 33.1 Å². The summed E-state index contributed by atoms with van der Waals surface area (Å²) in [4.78, 5) is 5.08. The van der Waals surface area contributed by atoms with Crippen LogP contribution in [0.2, 0.25) is 0 Å². The van der Waals surface area contributed by atoms with Gasteiger partial charge in [-0.25, -0.2) is 0 Å². The van der Waals surface area contributed by atoms with Crippen LogP contribution in [0.5, 0.6) is 0 Å². The summed E-state index contributed by atoms with van der Waals surface area (Å²) in [6.45, 7) is 13.3. The predicted molar refractivity (Wildman–Crippen MR) is 112 cm³/mol. The molecule has 0 bridgehead atoms. The fourth-order valence-electron chi connectivity index (χ4n) is 3.80. The van der Waals surface area contributed by atoms with E-state index in [1.54, 1.807) is 0 Å². The molecule has 0 amide bonds. The maximum Gasteiger partial charge on any atom is 0.0705 e. The van der Waals surface area contributed by atoms with Crippen molar-refractivity contribution >= 4 is 0 Å². The number of hydrogen-bond acceptors (Lipinski definition) is 2. The number of aliphatic hydroxyl groups excluding tert-OH is 1. The summed E-state index contributed by atoms with van der Waals surface area (Å²) < 4.78 is 0. The summed E-state index contributed by atoms with van der Waals surface area (Å²) in [5.41, 5.74) is 8.36. The Morgan fingerprint density at radius 3 is 2.08 bits per heavy atom. The van der Waals surface area contributed by atoms with Crippen LogP contribution < -0.4 is 0 Å². The number of benzene rings is 1. The van der Waals surface area contributed by atoms with Crippen LogP contribution in [0.1, 0.15) is 93.8 Å². The van der Waals surface area contributed by atoms with Gasteiger partial charge in [-0.15, -0.1) is 0 Å². The van der Waals surface area contributed by atoms with Gasteiger partial charge in [0.1, 0.15) is 0 Å². The smallest absolute Gasteiger partial charge is 0.0705 e. The van der Waals surface area contributed by atoms with E-state index in [1.807, 2.05) is 0 Å². The summed E-state index contributed by atoms with van der Waals surface area (Å²) in [5.74, 6) is 0.668. The Morgan fingerprint density at radius 2 is 1.54 bits per heavy atom. The van der Waals surface area contributed by atoms with Crippen LogP contribution in [-0.2, 0) is 13.0 Å². The van der Waals surface area contributed by atoms with E-state index in [9.17, 15) is 5.11 Å². The monoisotopic (exact) mass is 353 g/mol. The van der Waals surface area contributed by atoms with Crippen molar-refractivity contribution in [1.29, 1.82) is 0 Å². The highest BCUT2D eigenvalue weighted by Gasteiger charge is 2.23. The van der Waals surface area contributed by atoms with E-state index < -0.39 is 0 Å². The molecule has 0 saturated carbocycles. The van der Waals surface area contributed by atoms with Gasteiger partial charge in [-0.05, 0) is 53.9 Å². The molecule has 1 N–H and O–H groups in total. The molecule has 1 aromatic carbocycles. The molecule has 26 heavy (non-hydrogen) atoms. The lowest BCUT2D eigenvalue weighted by atomic mass is 9.84. The first kappa shape index (κ1) is 20.6. The summed E-state index contributed by atoms with van der Waals surface area (Å²) >= 11 is 0. The van der Waals surface area contributed by atoms with Gasteiger partial charge in [-0.3, -0.25) is 4.98 Å². The van der Waals surface area contributed by atoms with Crippen LogP contribution in [0.15, 0.2) is 24.3 Å². The summed E-state index contributed by atoms with van der Waals surface area (Å²) in [7, 11) is 0. The third-order valence-corrected chi connectivity index (χ3v) is 5.16. The molecule has 0 saturated heterocycles. The number of unbranched alkanes of at least 4 members (excludes halogenated alkanes) is 2. The lowest BCUT2D eigenvalue weighted by molar-refractivity contribution is 0.279. The van der Waals surface area contributed by atoms with Gasteiger partial charge in [-0.1, -0.05) is 71.7 Å². The lowest BCUT2D eigenvalue weighted by Crippen LogP contribution is -2.13. The molecule has 0 spiro atoms. The first-order valence-electron chi connectivity index (χ1n) is 10.1. The highest BCUT2D eigenvalue weighted by molar-refractivity contribution is 5.75. The molecule has 0 unspecified atom stereocenters. The zero-order valence-electron chi connectivity index (χ0n) is 17.4. The molecule has 0 fully saturated rings. The molecule has 0 aliphatic rings. The Kier molecular flexibility index (Phi) is 7.40. The average molecular weight is 354 g/mol. The largest absolute Gasteiger partial charge is 0.392 e. The van der Waals surface area contributed by atoms with Crippen LogP contribution in [0.4, 0.5) is 0 Å². The molecule has 2 rings (SSSR count). The number of aromatic nitrogens is 1. The van der Waals surface area contributed by atoms with E-state index >= 15 is 0 Å². The minimum atomic E-state index is 0.0450. The summed E-state index contributed by atoms with van der Waals surface area (Å²) in [5, 5.41) is 10.3. The molecule has 0 aliphatic heterocycles. The number of rotatable bonds is 8.